The maximum atomic E-state index is 12.1. The number of hydrogen-bond acceptors (Lipinski definition) is 4. The van der Waals surface area contributed by atoms with Crippen molar-refractivity contribution < 1.29 is 4.79 Å². The minimum atomic E-state index is -0.139. The Morgan fingerprint density at radius 1 is 1.50 bits per heavy atom. The van der Waals surface area contributed by atoms with Crippen LogP contribution in [-0.2, 0) is 19.9 Å². The number of fused-ring (bicyclic) bond motifs is 1. The molecule has 0 unspecified atom stereocenters. The van der Waals surface area contributed by atoms with Gasteiger partial charge in [-0.25, -0.2) is 4.98 Å². The molecule has 18 heavy (non-hydrogen) atoms. The summed E-state index contributed by atoms with van der Waals surface area (Å²) in [6.45, 7) is 1.88. The Hall–Kier alpha value is -1.69. The number of rotatable bonds is 2. The number of hydrogen-bond donors (Lipinski definition) is 1. The zero-order chi connectivity index (χ0) is 12.7. The van der Waals surface area contributed by atoms with Crippen molar-refractivity contribution in [1.82, 2.24) is 14.8 Å². The first-order chi connectivity index (χ1) is 8.65. The first-order valence-electron chi connectivity index (χ1n) is 5.93. The van der Waals surface area contributed by atoms with E-state index in [2.05, 4.69) is 15.4 Å². The van der Waals surface area contributed by atoms with E-state index in [1.165, 1.54) is 11.3 Å². The lowest BCUT2D eigenvalue weighted by Gasteiger charge is -2.03. The fourth-order valence-electron chi connectivity index (χ4n) is 2.27. The van der Waals surface area contributed by atoms with Crippen LogP contribution in [0.25, 0.3) is 0 Å². The molecule has 94 valence electrons. The Morgan fingerprint density at radius 3 is 3.00 bits per heavy atom. The topological polar surface area (TPSA) is 59.8 Å². The van der Waals surface area contributed by atoms with Crippen molar-refractivity contribution in [3.8, 4) is 0 Å². The van der Waals surface area contributed by atoms with Gasteiger partial charge >= 0.3 is 0 Å². The number of nitrogens with one attached hydrogen (secondary N) is 1. The van der Waals surface area contributed by atoms with Crippen molar-refractivity contribution in [3.05, 3.63) is 28.0 Å². The summed E-state index contributed by atoms with van der Waals surface area (Å²) in [6, 6.07) is 0. The van der Waals surface area contributed by atoms with E-state index in [0.717, 1.165) is 24.1 Å². The third-order valence-electron chi connectivity index (χ3n) is 3.15. The predicted molar refractivity (Wildman–Crippen MR) is 70.0 cm³/mol. The monoisotopic (exact) mass is 262 g/mol. The van der Waals surface area contributed by atoms with Gasteiger partial charge in [0.25, 0.3) is 5.91 Å². The molecule has 0 radical (unpaired) electrons. The predicted octanol–water partition coefficient (Wildman–Crippen LogP) is 1.93. The van der Waals surface area contributed by atoms with Crippen LogP contribution in [0, 0.1) is 6.92 Å². The number of aromatic nitrogens is 3. The molecule has 0 saturated heterocycles. The van der Waals surface area contributed by atoms with Gasteiger partial charge in [0.05, 0.1) is 11.9 Å². The summed E-state index contributed by atoms with van der Waals surface area (Å²) in [5.41, 5.74) is 2.61. The number of aryl methyl sites for hydroxylation is 4. The van der Waals surface area contributed by atoms with Crippen molar-refractivity contribution in [1.29, 1.82) is 0 Å². The smallest absolute Gasteiger partial charge is 0.275 e. The summed E-state index contributed by atoms with van der Waals surface area (Å²) in [4.78, 5) is 17.9. The van der Waals surface area contributed by atoms with Gasteiger partial charge in [-0.3, -0.25) is 14.8 Å². The number of amides is 1. The van der Waals surface area contributed by atoms with Crippen molar-refractivity contribution >= 4 is 22.4 Å². The number of nitrogens with zero attached hydrogens (tertiary/aromatic N) is 3. The van der Waals surface area contributed by atoms with Gasteiger partial charge in [-0.1, -0.05) is 0 Å². The highest BCUT2D eigenvalue weighted by Crippen LogP contribution is 2.30. The zero-order valence-electron chi connectivity index (χ0n) is 10.4. The second-order valence-electron chi connectivity index (χ2n) is 4.50. The van der Waals surface area contributed by atoms with Crippen molar-refractivity contribution in [2.45, 2.75) is 26.2 Å². The fraction of sp³-hybridized carbons (Fsp3) is 0.417. The van der Waals surface area contributed by atoms with Gasteiger partial charge in [-0.15, -0.1) is 11.3 Å². The van der Waals surface area contributed by atoms with Crippen LogP contribution in [0.4, 0.5) is 5.13 Å². The molecule has 0 bridgehead atoms. The van der Waals surface area contributed by atoms with Crippen LogP contribution >= 0.6 is 11.3 Å². The van der Waals surface area contributed by atoms with Crippen molar-refractivity contribution in [2.75, 3.05) is 5.32 Å². The molecule has 2 aromatic rings. The highest BCUT2D eigenvalue weighted by molar-refractivity contribution is 7.15. The molecule has 0 saturated carbocycles. The molecule has 1 aliphatic rings. The minimum absolute atomic E-state index is 0.139. The lowest BCUT2D eigenvalue weighted by Crippen LogP contribution is -2.17. The Bertz CT molecular complexity index is 573. The normalized spacial score (nSPS) is 13.7. The first kappa shape index (κ1) is 11.4. The van der Waals surface area contributed by atoms with E-state index in [0.29, 0.717) is 10.8 Å². The van der Waals surface area contributed by atoms with E-state index in [4.69, 9.17) is 0 Å². The SMILES string of the molecule is Cc1cnn(C)c1C(=O)Nc1nc2c(s1)CCC2. The van der Waals surface area contributed by atoms with Gasteiger partial charge in [0.15, 0.2) is 5.13 Å². The molecular formula is C12H14N4OS. The van der Waals surface area contributed by atoms with E-state index in [1.807, 2.05) is 6.92 Å². The quantitative estimate of drug-likeness (QED) is 0.899. The Kier molecular flexibility index (Phi) is 2.66. The van der Waals surface area contributed by atoms with Crippen LogP contribution < -0.4 is 5.32 Å². The van der Waals surface area contributed by atoms with Gasteiger partial charge in [0, 0.05) is 11.9 Å². The van der Waals surface area contributed by atoms with Crippen LogP contribution in [0.2, 0.25) is 0 Å². The number of carbonyl (C=O) groups excluding carboxylic acids is 1. The van der Waals surface area contributed by atoms with Crippen LogP contribution in [0.5, 0.6) is 0 Å². The number of thiazole rings is 1. The largest absolute Gasteiger partial charge is 0.296 e. The lowest BCUT2D eigenvalue weighted by atomic mass is 10.2. The van der Waals surface area contributed by atoms with Gasteiger partial charge in [0.2, 0.25) is 0 Å². The van der Waals surface area contributed by atoms with Crippen LogP contribution in [0.15, 0.2) is 6.20 Å². The van der Waals surface area contributed by atoms with Crippen molar-refractivity contribution in [3.63, 3.8) is 0 Å². The van der Waals surface area contributed by atoms with Gasteiger partial charge in [-0.2, -0.15) is 5.10 Å². The highest BCUT2D eigenvalue weighted by Gasteiger charge is 2.20. The molecule has 6 heteroatoms. The van der Waals surface area contributed by atoms with E-state index in [1.54, 1.807) is 29.3 Å². The average molecular weight is 262 g/mol. The zero-order valence-corrected chi connectivity index (χ0v) is 11.2. The number of carbonyl (C=O) groups is 1. The van der Waals surface area contributed by atoms with E-state index in [-0.39, 0.29) is 5.91 Å². The summed E-state index contributed by atoms with van der Waals surface area (Å²) in [5, 5.41) is 7.63. The van der Waals surface area contributed by atoms with Crippen molar-refractivity contribution in [2.24, 2.45) is 7.05 Å². The molecule has 0 atom stereocenters. The molecule has 1 aliphatic carbocycles. The Morgan fingerprint density at radius 2 is 2.33 bits per heavy atom. The Labute approximate surface area is 109 Å². The lowest BCUT2D eigenvalue weighted by molar-refractivity contribution is 0.101. The molecule has 3 rings (SSSR count). The van der Waals surface area contributed by atoms with Gasteiger partial charge in [0.1, 0.15) is 5.69 Å². The van der Waals surface area contributed by atoms with E-state index in [9.17, 15) is 4.79 Å². The van der Waals surface area contributed by atoms with E-state index >= 15 is 0 Å². The molecule has 1 N–H and O–H groups in total. The van der Waals surface area contributed by atoms with Gasteiger partial charge in [-0.05, 0) is 31.7 Å². The van der Waals surface area contributed by atoms with Crippen LogP contribution in [0.3, 0.4) is 0 Å². The molecule has 0 aromatic carbocycles. The van der Waals surface area contributed by atoms with Crippen LogP contribution in [0.1, 0.15) is 33.0 Å². The third-order valence-corrected chi connectivity index (χ3v) is 4.23. The molecule has 0 aliphatic heterocycles. The van der Waals surface area contributed by atoms with Crippen LogP contribution in [-0.4, -0.2) is 20.7 Å². The molecular weight excluding hydrogens is 248 g/mol. The summed E-state index contributed by atoms with van der Waals surface area (Å²) in [6.07, 6.45) is 5.00. The fourth-order valence-corrected chi connectivity index (χ4v) is 3.32. The summed E-state index contributed by atoms with van der Waals surface area (Å²) >= 11 is 1.59. The first-order valence-corrected chi connectivity index (χ1v) is 6.75. The standard InChI is InChI=1S/C12H14N4OS/c1-7-6-13-16(2)10(7)11(17)15-12-14-8-4-3-5-9(8)18-12/h6H,3-5H2,1-2H3,(H,14,15,17). The number of anilines is 1. The molecule has 2 aromatic heterocycles. The Balaban J connectivity index is 1.82. The second-order valence-corrected chi connectivity index (χ2v) is 5.58. The molecule has 0 spiro atoms. The van der Waals surface area contributed by atoms with Gasteiger partial charge < -0.3 is 0 Å². The minimum Gasteiger partial charge on any atom is -0.296 e. The summed E-state index contributed by atoms with van der Waals surface area (Å²) in [7, 11) is 1.77. The average Bonchev–Trinajstić information content (AvgIpc) is 2.93. The maximum absolute atomic E-state index is 12.1. The van der Waals surface area contributed by atoms with E-state index < -0.39 is 0 Å². The molecule has 0 fully saturated rings. The maximum Gasteiger partial charge on any atom is 0.275 e. The summed E-state index contributed by atoms with van der Waals surface area (Å²) < 4.78 is 1.59. The third kappa shape index (κ3) is 1.82. The summed E-state index contributed by atoms with van der Waals surface area (Å²) in [5.74, 6) is -0.139. The molecule has 1 amide bonds. The molecule has 2 heterocycles. The second kappa shape index (κ2) is 4.20. The highest BCUT2D eigenvalue weighted by atomic mass is 32.1. The molecule has 5 nitrogen and oxygen atoms in total.